The zero-order valence-electron chi connectivity index (χ0n) is 8.42. The van der Waals surface area contributed by atoms with Gasteiger partial charge in [0.1, 0.15) is 6.20 Å². The van der Waals surface area contributed by atoms with E-state index in [1.54, 1.807) is 11.5 Å². The van der Waals surface area contributed by atoms with Gasteiger partial charge in [0.25, 0.3) is 0 Å². The van der Waals surface area contributed by atoms with Gasteiger partial charge in [0, 0.05) is 13.5 Å². The molecular weight excluding hydrogens is 202 g/mol. The molecule has 1 rings (SSSR count). The van der Waals surface area contributed by atoms with Crippen molar-refractivity contribution in [3.8, 4) is 0 Å². The van der Waals surface area contributed by atoms with Crippen molar-refractivity contribution in [3.05, 3.63) is 22.1 Å². The third kappa shape index (κ3) is 3.30. The van der Waals surface area contributed by atoms with Crippen LogP contribution >= 0.6 is 0 Å². The van der Waals surface area contributed by atoms with E-state index in [1.807, 2.05) is 0 Å². The second-order valence-corrected chi connectivity index (χ2v) is 2.93. The molecule has 0 saturated carbocycles. The number of nitrogens with zero attached hydrogens (tertiary/aromatic N) is 3. The smallest absolute Gasteiger partial charge is 0.381 e. The first-order valence-corrected chi connectivity index (χ1v) is 4.52. The van der Waals surface area contributed by atoms with Crippen LogP contribution in [0.25, 0.3) is 0 Å². The molecule has 1 heterocycles. The molecule has 0 atom stereocenters. The Morgan fingerprint density at radius 1 is 1.67 bits per heavy atom. The molecule has 0 aromatic carbocycles. The molecule has 0 fully saturated rings. The van der Waals surface area contributed by atoms with Crippen LogP contribution in [0.5, 0.6) is 0 Å². The molecule has 15 heavy (non-hydrogen) atoms. The Kier molecular flexibility index (Phi) is 4.19. The van der Waals surface area contributed by atoms with E-state index in [9.17, 15) is 10.1 Å². The maximum absolute atomic E-state index is 10.4. The lowest BCUT2D eigenvalue weighted by Crippen LogP contribution is -2.08. The van der Waals surface area contributed by atoms with E-state index in [1.165, 1.54) is 6.20 Å². The minimum Gasteiger partial charge on any atom is -0.394 e. The summed E-state index contributed by atoms with van der Waals surface area (Å²) in [7, 11) is 0. The van der Waals surface area contributed by atoms with Crippen molar-refractivity contribution in [1.82, 2.24) is 9.55 Å². The Balaban J connectivity index is 2.50. The maximum Gasteiger partial charge on any atom is 0.381 e. The molecule has 0 aliphatic carbocycles. The third-order valence-corrected chi connectivity index (χ3v) is 1.86. The van der Waals surface area contributed by atoms with Crippen molar-refractivity contribution in [3.63, 3.8) is 0 Å². The Bertz CT molecular complexity index is 337. The van der Waals surface area contributed by atoms with E-state index < -0.39 is 4.92 Å². The summed E-state index contributed by atoms with van der Waals surface area (Å²) in [5, 5.41) is 18.9. The largest absolute Gasteiger partial charge is 0.394 e. The summed E-state index contributed by atoms with van der Waals surface area (Å²) in [5.41, 5.74) is 0. The van der Waals surface area contributed by atoms with Gasteiger partial charge in [-0.15, -0.1) is 0 Å². The van der Waals surface area contributed by atoms with Crippen molar-refractivity contribution in [2.45, 2.75) is 13.5 Å². The minimum absolute atomic E-state index is 0.0247. The van der Waals surface area contributed by atoms with Crippen LogP contribution in [0.4, 0.5) is 5.82 Å². The topological polar surface area (TPSA) is 90.4 Å². The van der Waals surface area contributed by atoms with Gasteiger partial charge in [-0.25, -0.2) is 0 Å². The molecule has 84 valence electrons. The van der Waals surface area contributed by atoms with Crippen LogP contribution in [-0.4, -0.2) is 39.4 Å². The average Bonchev–Trinajstić information content (AvgIpc) is 2.55. The van der Waals surface area contributed by atoms with Crippen LogP contribution in [-0.2, 0) is 11.3 Å². The van der Waals surface area contributed by atoms with Crippen LogP contribution in [0, 0.1) is 17.0 Å². The van der Waals surface area contributed by atoms with Crippen LogP contribution in [0.2, 0.25) is 0 Å². The number of hydrogen-bond acceptors (Lipinski definition) is 5. The maximum atomic E-state index is 10.4. The second-order valence-electron chi connectivity index (χ2n) is 2.93. The van der Waals surface area contributed by atoms with Gasteiger partial charge in [-0.2, -0.15) is 0 Å². The number of imidazole rings is 1. The highest BCUT2D eigenvalue weighted by Gasteiger charge is 2.14. The zero-order valence-corrected chi connectivity index (χ0v) is 8.42. The number of hydrogen-bond donors (Lipinski definition) is 1. The molecule has 0 unspecified atom stereocenters. The van der Waals surface area contributed by atoms with Crippen LogP contribution in [0.1, 0.15) is 5.82 Å². The first kappa shape index (κ1) is 11.6. The van der Waals surface area contributed by atoms with Crippen molar-refractivity contribution in [1.29, 1.82) is 0 Å². The molecular formula is C8H13N3O4. The van der Waals surface area contributed by atoms with Gasteiger partial charge in [-0.1, -0.05) is 0 Å². The molecule has 1 aromatic heterocycles. The standard InChI is InChI=1S/C8H13N3O4/c1-7-9-8(11(13)14)6-10(7)2-4-15-5-3-12/h6,12H,2-5H2,1H3. The Hall–Kier alpha value is -1.47. The molecule has 7 heteroatoms. The third-order valence-electron chi connectivity index (χ3n) is 1.86. The lowest BCUT2D eigenvalue weighted by molar-refractivity contribution is -0.389. The molecule has 1 N–H and O–H groups in total. The van der Waals surface area contributed by atoms with E-state index in [2.05, 4.69) is 4.98 Å². The normalized spacial score (nSPS) is 10.5. The van der Waals surface area contributed by atoms with Gasteiger partial charge in [-0.05, 0) is 9.91 Å². The summed E-state index contributed by atoms with van der Waals surface area (Å²) in [4.78, 5) is 13.6. The fourth-order valence-electron chi connectivity index (χ4n) is 1.14. The predicted octanol–water partition coefficient (Wildman–Crippen LogP) is 0.109. The van der Waals surface area contributed by atoms with Crippen molar-refractivity contribution in [2.75, 3.05) is 19.8 Å². The summed E-state index contributed by atoms with van der Waals surface area (Å²) in [6.45, 7) is 2.83. The number of rotatable bonds is 6. The highest BCUT2D eigenvalue weighted by Crippen LogP contribution is 2.09. The number of aliphatic hydroxyl groups is 1. The number of aliphatic hydroxyl groups excluding tert-OH is 1. The predicted molar refractivity (Wildman–Crippen MR) is 51.5 cm³/mol. The fourth-order valence-corrected chi connectivity index (χ4v) is 1.14. The molecule has 7 nitrogen and oxygen atoms in total. The first-order chi connectivity index (χ1) is 7.15. The van der Waals surface area contributed by atoms with E-state index in [0.29, 0.717) is 19.0 Å². The SMILES string of the molecule is Cc1nc([N+](=O)[O-])cn1CCOCCO. The monoisotopic (exact) mass is 215 g/mol. The van der Waals surface area contributed by atoms with Gasteiger partial charge >= 0.3 is 5.82 Å². The number of aromatic nitrogens is 2. The highest BCUT2D eigenvalue weighted by molar-refractivity contribution is 5.16. The molecule has 0 saturated heterocycles. The van der Waals surface area contributed by atoms with Crippen molar-refractivity contribution < 1.29 is 14.8 Å². The van der Waals surface area contributed by atoms with E-state index in [4.69, 9.17) is 9.84 Å². The van der Waals surface area contributed by atoms with E-state index in [-0.39, 0.29) is 19.0 Å². The van der Waals surface area contributed by atoms with Gasteiger partial charge < -0.3 is 24.5 Å². The number of ether oxygens (including phenoxy) is 1. The molecule has 0 amide bonds. The van der Waals surface area contributed by atoms with E-state index in [0.717, 1.165) is 0 Å². The molecule has 0 bridgehead atoms. The summed E-state index contributed by atoms with van der Waals surface area (Å²) < 4.78 is 6.69. The average molecular weight is 215 g/mol. The Morgan fingerprint density at radius 3 is 2.93 bits per heavy atom. The fraction of sp³-hybridized carbons (Fsp3) is 0.625. The second kappa shape index (κ2) is 5.42. The number of aryl methyl sites for hydroxylation is 1. The van der Waals surface area contributed by atoms with Crippen molar-refractivity contribution in [2.24, 2.45) is 0 Å². The lowest BCUT2D eigenvalue weighted by atomic mass is 10.6. The molecule has 0 radical (unpaired) electrons. The lowest BCUT2D eigenvalue weighted by Gasteiger charge is -2.02. The van der Waals surface area contributed by atoms with Crippen LogP contribution < -0.4 is 0 Å². The summed E-state index contributed by atoms with van der Waals surface area (Å²) in [5.74, 6) is 0.420. The van der Waals surface area contributed by atoms with Crippen LogP contribution in [0.15, 0.2) is 6.20 Å². The van der Waals surface area contributed by atoms with Crippen LogP contribution in [0.3, 0.4) is 0 Å². The van der Waals surface area contributed by atoms with Crippen molar-refractivity contribution >= 4 is 5.82 Å². The summed E-state index contributed by atoms with van der Waals surface area (Å²) >= 11 is 0. The van der Waals surface area contributed by atoms with E-state index >= 15 is 0 Å². The van der Waals surface area contributed by atoms with Gasteiger partial charge in [0.15, 0.2) is 0 Å². The first-order valence-electron chi connectivity index (χ1n) is 4.52. The minimum atomic E-state index is -0.530. The molecule has 1 aromatic rings. The highest BCUT2D eigenvalue weighted by atomic mass is 16.6. The Labute approximate surface area is 86.5 Å². The van der Waals surface area contributed by atoms with Gasteiger partial charge in [-0.3, -0.25) is 0 Å². The summed E-state index contributed by atoms with van der Waals surface area (Å²) in [6.07, 6.45) is 1.37. The zero-order chi connectivity index (χ0) is 11.3. The Morgan fingerprint density at radius 2 is 2.40 bits per heavy atom. The number of nitro groups is 1. The molecule has 0 spiro atoms. The van der Waals surface area contributed by atoms with Gasteiger partial charge in [0.05, 0.1) is 19.8 Å². The molecule has 0 aliphatic rings. The van der Waals surface area contributed by atoms with Gasteiger partial charge in [0.2, 0.25) is 5.82 Å². The molecule has 0 aliphatic heterocycles. The quantitative estimate of drug-likeness (QED) is 0.413. The summed E-state index contributed by atoms with van der Waals surface area (Å²) in [6, 6.07) is 0.